The van der Waals surface area contributed by atoms with E-state index in [4.69, 9.17) is 15.7 Å². The highest BCUT2D eigenvalue weighted by molar-refractivity contribution is 5.74. The maximum absolute atomic E-state index is 5.91. The fourth-order valence-electron chi connectivity index (χ4n) is 4.64. The predicted octanol–water partition coefficient (Wildman–Crippen LogP) is 3.43. The normalized spacial score (nSPS) is 24.3. The summed E-state index contributed by atoms with van der Waals surface area (Å²) in [7, 11) is 0. The summed E-state index contributed by atoms with van der Waals surface area (Å²) in [6, 6.07) is 13.0. The van der Waals surface area contributed by atoms with Crippen LogP contribution in [-0.4, -0.2) is 32.9 Å². The molecule has 0 saturated heterocycles. The van der Waals surface area contributed by atoms with E-state index in [-0.39, 0.29) is 0 Å². The number of nitrogens with two attached hydrogens (primary N) is 1. The Balaban J connectivity index is 1.44. The Labute approximate surface area is 160 Å². The topological polar surface area (TPSA) is 70.8 Å². The molecule has 0 spiro atoms. The average molecular weight is 361 g/mol. The van der Waals surface area contributed by atoms with Crippen LogP contribution in [0.5, 0.6) is 0 Å². The molecule has 0 aliphatic heterocycles. The first-order valence-electron chi connectivity index (χ1n) is 10.1. The lowest BCUT2D eigenvalue weighted by Gasteiger charge is -2.34. The molecule has 2 aliphatic rings. The number of benzene rings is 1. The number of imidazole rings is 1. The summed E-state index contributed by atoms with van der Waals surface area (Å²) in [5.74, 6) is 2.45. The quantitative estimate of drug-likeness (QED) is 0.706. The molecule has 5 rings (SSSR count). The van der Waals surface area contributed by atoms with Crippen LogP contribution in [0.25, 0.3) is 11.0 Å². The van der Waals surface area contributed by atoms with Gasteiger partial charge in [-0.2, -0.15) is 0 Å². The van der Waals surface area contributed by atoms with Crippen LogP contribution in [0, 0.1) is 11.8 Å². The highest BCUT2D eigenvalue weighted by atomic mass is 15.2. The number of nitrogens with zero attached hydrogens (tertiary/aromatic N) is 3. The molecular formula is C22H27N5. The van der Waals surface area contributed by atoms with Gasteiger partial charge in [-0.25, -0.2) is 4.98 Å². The van der Waals surface area contributed by atoms with Crippen molar-refractivity contribution in [2.24, 2.45) is 17.6 Å². The van der Waals surface area contributed by atoms with Crippen LogP contribution < -0.4 is 5.73 Å². The number of pyridine rings is 1. The van der Waals surface area contributed by atoms with E-state index in [9.17, 15) is 0 Å². The fourth-order valence-corrected chi connectivity index (χ4v) is 4.64. The van der Waals surface area contributed by atoms with E-state index >= 15 is 0 Å². The average Bonchev–Trinajstić information content (AvgIpc) is 3.34. The summed E-state index contributed by atoms with van der Waals surface area (Å²) in [5, 5.41) is 0. The van der Waals surface area contributed by atoms with Crippen LogP contribution in [-0.2, 0) is 13.0 Å². The molecule has 3 N–H and O–H groups in total. The Bertz CT molecular complexity index is 900. The van der Waals surface area contributed by atoms with Crippen molar-refractivity contribution in [2.45, 2.75) is 38.3 Å². The van der Waals surface area contributed by atoms with Crippen molar-refractivity contribution < 1.29 is 0 Å². The molecule has 27 heavy (non-hydrogen) atoms. The van der Waals surface area contributed by atoms with Gasteiger partial charge in [-0.1, -0.05) is 18.2 Å². The smallest absolute Gasteiger partial charge is 0.121 e. The van der Waals surface area contributed by atoms with Gasteiger partial charge in [-0.3, -0.25) is 9.88 Å². The number of H-pyrrole nitrogens is 1. The minimum absolute atomic E-state index is 0.377. The molecule has 5 heteroatoms. The van der Waals surface area contributed by atoms with Crippen LogP contribution in [0.4, 0.5) is 0 Å². The van der Waals surface area contributed by atoms with Crippen LogP contribution in [0.3, 0.4) is 0 Å². The number of aromatic amines is 1. The third kappa shape index (κ3) is 3.37. The molecule has 3 aromatic rings. The largest absolute Gasteiger partial charge is 0.341 e. The maximum atomic E-state index is 5.91. The van der Waals surface area contributed by atoms with Crippen LogP contribution in [0.1, 0.15) is 42.4 Å². The molecule has 0 radical (unpaired) electrons. The second kappa shape index (κ2) is 7.06. The lowest BCUT2D eigenvalue weighted by molar-refractivity contribution is 0.152. The SMILES string of the molecule is NC[C@@H]1C[C@H]1CN(Cc1nc2ccccc2[nH]1)[C@H]1CCCc2cccnc21. The minimum atomic E-state index is 0.377. The summed E-state index contributed by atoms with van der Waals surface area (Å²) in [6.07, 6.45) is 6.74. The zero-order chi connectivity index (χ0) is 18.2. The van der Waals surface area contributed by atoms with Crippen molar-refractivity contribution in [3.8, 4) is 0 Å². The van der Waals surface area contributed by atoms with Crippen molar-refractivity contribution in [1.29, 1.82) is 0 Å². The van der Waals surface area contributed by atoms with Gasteiger partial charge in [0, 0.05) is 12.7 Å². The van der Waals surface area contributed by atoms with Crippen LogP contribution >= 0.6 is 0 Å². The van der Waals surface area contributed by atoms with Crippen molar-refractivity contribution >= 4 is 11.0 Å². The van der Waals surface area contributed by atoms with E-state index in [1.165, 1.54) is 30.5 Å². The molecular weight excluding hydrogens is 334 g/mol. The number of rotatable bonds is 6. The number of aromatic nitrogens is 3. The molecule has 0 unspecified atom stereocenters. The van der Waals surface area contributed by atoms with E-state index in [0.29, 0.717) is 17.9 Å². The van der Waals surface area contributed by atoms with E-state index in [1.54, 1.807) is 0 Å². The summed E-state index contributed by atoms with van der Waals surface area (Å²) < 4.78 is 0. The first-order chi connectivity index (χ1) is 13.3. The Hall–Kier alpha value is -2.24. The Morgan fingerprint density at radius 2 is 2.07 bits per heavy atom. The molecule has 140 valence electrons. The number of nitrogens with one attached hydrogen (secondary N) is 1. The van der Waals surface area contributed by atoms with Gasteiger partial charge in [0.05, 0.1) is 29.3 Å². The predicted molar refractivity (Wildman–Crippen MR) is 107 cm³/mol. The fraction of sp³-hybridized carbons (Fsp3) is 0.455. The second-order valence-corrected chi connectivity index (χ2v) is 8.08. The molecule has 1 saturated carbocycles. The second-order valence-electron chi connectivity index (χ2n) is 8.08. The van der Waals surface area contributed by atoms with Gasteiger partial charge in [0.25, 0.3) is 0 Å². The van der Waals surface area contributed by atoms with Gasteiger partial charge < -0.3 is 10.7 Å². The van der Waals surface area contributed by atoms with Crippen molar-refractivity contribution in [3.05, 3.63) is 59.7 Å². The molecule has 5 nitrogen and oxygen atoms in total. The first kappa shape index (κ1) is 16.9. The number of fused-ring (bicyclic) bond motifs is 2. The van der Waals surface area contributed by atoms with Gasteiger partial charge in [0.1, 0.15) is 5.82 Å². The third-order valence-electron chi connectivity index (χ3n) is 6.24. The maximum Gasteiger partial charge on any atom is 0.121 e. The summed E-state index contributed by atoms with van der Waals surface area (Å²) in [6.45, 7) is 2.73. The molecule has 0 amide bonds. The highest BCUT2D eigenvalue weighted by Crippen LogP contribution is 2.41. The third-order valence-corrected chi connectivity index (χ3v) is 6.24. The monoisotopic (exact) mass is 361 g/mol. The van der Waals surface area contributed by atoms with E-state index in [1.807, 2.05) is 12.3 Å². The summed E-state index contributed by atoms with van der Waals surface area (Å²) in [5.41, 5.74) is 10.7. The Kier molecular flexibility index (Phi) is 4.42. The Morgan fingerprint density at radius 1 is 1.15 bits per heavy atom. The number of hydrogen-bond donors (Lipinski definition) is 2. The van der Waals surface area contributed by atoms with E-state index < -0.39 is 0 Å². The zero-order valence-electron chi connectivity index (χ0n) is 15.6. The number of hydrogen-bond acceptors (Lipinski definition) is 4. The number of para-hydroxylation sites is 2. The van der Waals surface area contributed by atoms with E-state index in [2.05, 4.69) is 40.2 Å². The lowest BCUT2D eigenvalue weighted by atomic mass is 9.90. The molecule has 0 bridgehead atoms. The number of aryl methyl sites for hydroxylation is 1. The zero-order valence-corrected chi connectivity index (χ0v) is 15.6. The summed E-state index contributed by atoms with van der Waals surface area (Å²) >= 11 is 0. The molecule has 3 atom stereocenters. The molecule has 2 aromatic heterocycles. The molecule has 1 aromatic carbocycles. The van der Waals surface area contributed by atoms with Gasteiger partial charge in [0.15, 0.2) is 0 Å². The lowest BCUT2D eigenvalue weighted by Crippen LogP contribution is -2.34. The summed E-state index contributed by atoms with van der Waals surface area (Å²) in [4.78, 5) is 15.7. The standard InChI is InChI=1S/C22H27N5/c23-12-16-11-17(16)13-27(14-21-25-18-7-1-2-8-19(18)26-21)20-9-3-5-15-6-4-10-24-22(15)20/h1-2,4,6-8,10,16-17,20H,3,5,9,11-14,23H2,(H,25,26)/t16-,17-,20-/m0/s1. The first-order valence-corrected chi connectivity index (χ1v) is 10.1. The van der Waals surface area contributed by atoms with Crippen molar-refractivity contribution in [3.63, 3.8) is 0 Å². The van der Waals surface area contributed by atoms with Gasteiger partial charge in [-0.15, -0.1) is 0 Å². The van der Waals surface area contributed by atoms with Crippen LogP contribution in [0.2, 0.25) is 0 Å². The van der Waals surface area contributed by atoms with E-state index in [0.717, 1.165) is 42.9 Å². The van der Waals surface area contributed by atoms with Crippen LogP contribution in [0.15, 0.2) is 42.6 Å². The molecule has 2 heterocycles. The minimum Gasteiger partial charge on any atom is -0.341 e. The van der Waals surface area contributed by atoms with Crippen molar-refractivity contribution in [2.75, 3.05) is 13.1 Å². The Morgan fingerprint density at radius 3 is 2.93 bits per heavy atom. The molecule has 2 aliphatic carbocycles. The van der Waals surface area contributed by atoms with Gasteiger partial charge in [-0.05, 0) is 67.8 Å². The highest BCUT2D eigenvalue weighted by Gasteiger charge is 2.39. The molecule has 1 fully saturated rings. The van der Waals surface area contributed by atoms with Gasteiger partial charge in [0.2, 0.25) is 0 Å². The van der Waals surface area contributed by atoms with Gasteiger partial charge >= 0.3 is 0 Å². The van der Waals surface area contributed by atoms with Crippen molar-refractivity contribution in [1.82, 2.24) is 19.9 Å².